The summed E-state index contributed by atoms with van der Waals surface area (Å²) in [6.45, 7) is 6.43. The maximum Gasteiger partial charge on any atom is 0.144 e. The number of carbonyl (C=O) groups is 4. The number of hydrogen-bond acceptors (Lipinski definition) is 4. The molecule has 1 aromatic carbocycles. The molecule has 0 fully saturated rings. The summed E-state index contributed by atoms with van der Waals surface area (Å²) in [7, 11) is 0. The predicted molar refractivity (Wildman–Crippen MR) is 85.8 cm³/mol. The van der Waals surface area contributed by atoms with Gasteiger partial charge in [0.05, 0.1) is 6.42 Å². The normalized spacial score (nSPS) is 9.68. The Bertz CT molecular complexity index is 489. The molecule has 0 aromatic heterocycles. The highest BCUT2D eigenvalue weighted by molar-refractivity contribution is 6.05. The molecule has 0 saturated carbocycles. The molecule has 0 aliphatic heterocycles. The molecule has 1 aromatic rings. The van der Waals surface area contributed by atoms with Crippen molar-refractivity contribution in [2.75, 3.05) is 0 Å². The fraction of sp³-hybridized carbons (Fsp3) is 0.444. The highest BCUT2D eigenvalue weighted by Crippen LogP contribution is 2.17. The third kappa shape index (κ3) is 7.62. The lowest BCUT2D eigenvalue weighted by atomic mass is 9.92. The van der Waals surface area contributed by atoms with E-state index in [1.807, 2.05) is 18.2 Å². The van der Waals surface area contributed by atoms with E-state index in [9.17, 15) is 19.2 Å². The molecule has 0 atom stereocenters. The highest BCUT2D eigenvalue weighted by atomic mass is 16.2. The lowest BCUT2D eigenvalue weighted by molar-refractivity contribution is -0.128. The van der Waals surface area contributed by atoms with E-state index >= 15 is 0 Å². The summed E-state index contributed by atoms with van der Waals surface area (Å²) >= 11 is 0. The zero-order valence-corrected chi connectivity index (χ0v) is 13.7. The summed E-state index contributed by atoms with van der Waals surface area (Å²) in [6.07, 6.45) is 1.09. The molecule has 120 valence electrons. The summed E-state index contributed by atoms with van der Waals surface area (Å²) in [6, 6.07) is 9.12. The van der Waals surface area contributed by atoms with Gasteiger partial charge in [-0.3, -0.25) is 19.2 Å². The van der Waals surface area contributed by atoms with Gasteiger partial charge in [-0.15, -0.1) is 0 Å². The van der Waals surface area contributed by atoms with Crippen LogP contribution in [0.5, 0.6) is 0 Å². The minimum Gasteiger partial charge on any atom is -0.299 e. The van der Waals surface area contributed by atoms with Crippen LogP contribution in [-0.4, -0.2) is 23.1 Å². The number of rotatable bonds is 7. The Hall–Kier alpha value is -2.10. The highest BCUT2D eigenvalue weighted by Gasteiger charge is 2.20. The first-order chi connectivity index (χ1) is 10.3. The van der Waals surface area contributed by atoms with Crippen LogP contribution in [0.3, 0.4) is 0 Å². The monoisotopic (exact) mass is 304 g/mol. The molecule has 0 heterocycles. The summed E-state index contributed by atoms with van der Waals surface area (Å²) in [4.78, 5) is 43.5. The van der Waals surface area contributed by atoms with Gasteiger partial charge in [-0.25, -0.2) is 0 Å². The number of benzene rings is 1. The second kappa shape index (κ2) is 10.6. The van der Waals surface area contributed by atoms with Crippen molar-refractivity contribution in [3.05, 3.63) is 35.9 Å². The third-order valence-corrected chi connectivity index (χ3v) is 3.13. The van der Waals surface area contributed by atoms with Crippen molar-refractivity contribution in [2.45, 2.75) is 52.9 Å². The van der Waals surface area contributed by atoms with E-state index in [4.69, 9.17) is 0 Å². The van der Waals surface area contributed by atoms with Gasteiger partial charge in [0.25, 0.3) is 0 Å². The lowest BCUT2D eigenvalue weighted by Gasteiger charge is -2.09. The average molecular weight is 304 g/mol. The molecular weight excluding hydrogens is 280 g/mol. The fourth-order valence-corrected chi connectivity index (χ4v) is 1.87. The van der Waals surface area contributed by atoms with E-state index in [1.54, 1.807) is 26.0 Å². The van der Waals surface area contributed by atoms with Crippen molar-refractivity contribution >= 4 is 23.1 Å². The van der Waals surface area contributed by atoms with Crippen LogP contribution in [-0.2, 0) is 19.2 Å². The average Bonchev–Trinajstić information content (AvgIpc) is 2.48. The third-order valence-electron chi connectivity index (χ3n) is 3.13. The molecule has 0 unspecified atom stereocenters. The van der Waals surface area contributed by atoms with Gasteiger partial charge < -0.3 is 0 Å². The standard InChI is InChI=1S/C11H12O2.C7H12O2/c1-8(12)11(9(2)13)10-6-4-3-5-7-10;1-3-6(8)5-7(9)4-2/h3-7,11H,1-2H3;3-5H2,1-2H3. The second-order valence-corrected chi connectivity index (χ2v) is 5.03. The Morgan fingerprint density at radius 1 is 0.818 bits per heavy atom. The number of Topliss-reactive ketones (excluding diaryl/α,β-unsaturated/α-hetero) is 4. The smallest absolute Gasteiger partial charge is 0.144 e. The molecule has 0 aliphatic rings. The molecule has 0 amide bonds. The van der Waals surface area contributed by atoms with E-state index in [0.717, 1.165) is 5.56 Å². The molecule has 0 aliphatic carbocycles. The molecular formula is C18H24O4. The lowest BCUT2D eigenvalue weighted by Crippen LogP contribution is -2.16. The number of ketones is 4. The van der Waals surface area contributed by atoms with Gasteiger partial charge in [0, 0.05) is 12.8 Å². The Labute approximate surface area is 131 Å². The fourth-order valence-electron chi connectivity index (χ4n) is 1.87. The molecule has 1 rings (SSSR count). The minimum absolute atomic E-state index is 0.0434. The maximum absolute atomic E-state index is 11.2. The van der Waals surface area contributed by atoms with Gasteiger partial charge in [0.15, 0.2) is 0 Å². The van der Waals surface area contributed by atoms with Gasteiger partial charge in [-0.2, -0.15) is 0 Å². The Morgan fingerprint density at radius 3 is 1.55 bits per heavy atom. The summed E-state index contributed by atoms with van der Waals surface area (Å²) in [5.74, 6) is -0.692. The molecule has 0 spiro atoms. The molecule has 0 N–H and O–H groups in total. The molecule has 0 saturated heterocycles. The van der Waals surface area contributed by atoms with E-state index in [0.29, 0.717) is 12.8 Å². The van der Waals surface area contributed by atoms with E-state index in [2.05, 4.69) is 0 Å². The predicted octanol–water partition coefficient (Wildman–Crippen LogP) is 3.28. The molecule has 22 heavy (non-hydrogen) atoms. The van der Waals surface area contributed by atoms with Gasteiger partial charge in [0.2, 0.25) is 0 Å². The van der Waals surface area contributed by atoms with Crippen LogP contribution in [0.15, 0.2) is 30.3 Å². The number of hydrogen-bond donors (Lipinski definition) is 0. The minimum atomic E-state index is -0.582. The van der Waals surface area contributed by atoms with Crippen LogP contribution in [0.1, 0.15) is 58.4 Å². The van der Waals surface area contributed by atoms with E-state index < -0.39 is 5.92 Å². The Morgan fingerprint density at radius 2 is 1.23 bits per heavy atom. The molecule has 4 nitrogen and oxygen atoms in total. The molecule has 0 radical (unpaired) electrons. The zero-order chi connectivity index (χ0) is 17.1. The van der Waals surface area contributed by atoms with Crippen LogP contribution in [0.2, 0.25) is 0 Å². The van der Waals surface area contributed by atoms with Crippen molar-refractivity contribution < 1.29 is 19.2 Å². The quantitative estimate of drug-likeness (QED) is 0.725. The topological polar surface area (TPSA) is 68.3 Å². The summed E-state index contributed by atoms with van der Waals surface area (Å²) in [5, 5.41) is 0. The van der Waals surface area contributed by atoms with Gasteiger partial charge >= 0.3 is 0 Å². The first kappa shape index (κ1) is 19.9. The van der Waals surface area contributed by atoms with E-state index in [-0.39, 0.29) is 29.6 Å². The van der Waals surface area contributed by atoms with Crippen LogP contribution >= 0.6 is 0 Å². The zero-order valence-electron chi connectivity index (χ0n) is 13.7. The van der Waals surface area contributed by atoms with E-state index in [1.165, 1.54) is 13.8 Å². The van der Waals surface area contributed by atoms with Crippen molar-refractivity contribution in [2.24, 2.45) is 0 Å². The van der Waals surface area contributed by atoms with Gasteiger partial charge in [-0.05, 0) is 19.4 Å². The Balaban J connectivity index is 0.000000433. The van der Waals surface area contributed by atoms with Crippen LogP contribution in [0.25, 0.3) is 0 Å². The SMILES string of the molecule is CC(=O)C(C(C)=O)c1ccccc1.CCC(=O)CC(=O)CC. The first-order valence-electron chi connectivity index (χ1n) is 7.42. The summed E-state index contributed by atoms with van der Waals surface area (Å²) in [5.41, 5.74) is 0.780. The molecule has 4 heteroatoms. The maximum atomic E-state index is 11.2. The largest absolute Gasteiger partial charge is 0.299 e. The summed E-state index contributed by atoms with van der Waals surface area (Å²) < 4.78 is 0. The number of carbonyl (C=O) groups excluding carboxylic acids is 4. The van der Waals surface area contributed by atoms with Crippen LogP contribution in [0.4, 0.5) is 0 Å². The van der Waals surface area contributed by atoms with Crippen molar-refractivity contribution in [1.82, 2.24) is 0 Å². The Kier molecular flexibility index (Phi) is 9.59. The second-order valence-electron chi connectivity index (χ2n) is 5.03. The van der Waals surface area contributed by atoms with Gasteiger partial charge in [0.1, 0.15) is 29.1 Å². The van der Waals surface area contributed by atoms with Crippen molar-refractivity contribution in [3.63, 3.8) is 0 Å². The van der Waals surface area contributed by atoms with Crippen LogP contribution in [0, 0.1) is 0 Å². The van der Waals surface area contributed by atoms with Crippen LogP contribution < -0.4 is 0 Å². The first-order valence-corrected chi connectivity index (χ1v) is 7.42. The van der Waals surface area contributed by atoms with Crippen molar-refractivity contribution in [1.29, 1.82) is 0 Å². The van der Waals surface area contributed by atoms with Gasteiger partial charge in [-0.1, -0.05) is 44.2 Å². The molecule has 0 bridgehead atoms. The van der Waals surface area contributed by atoms with Crippen molar-refractivity contribution in [3.8, 4) is 0 Å².